The molecular formula is C25H29N3O3S2. The largest absolute Gasteiger partial charge is 0.332 e. The van der Waals surface area contributed by atoms with Crippen molar-refractivity contribution in [1.82, 2.24) is 5.32 Å². The van der Waals surface area contributed by atoms with Crippen molar-refractivity contribution in [3.8, 4) is 0 Å². The predicted octanol–water partition coefficient (Wildman–Crippen LogP) is 4.54. The molecule has 2 N–H and O–H groups in total. The molecule has 8 heteroatoms. The smallest absolute Gasteiger partial charge is 0.264 e. The lowest BCUT2D eigenvalue weighted by molar-refractivity contribution is -0.144. The van der Waals surface area contributed by atoms with Crippen molar-refractivity contribution in [2.45, 2.75) is 43.4 Å². The number of nitrogens with zero attached hydrogens (tertiary/aromatic N) is 1. The van der Waals surface area contributed by atoms with Gasteiger partial charge in [-0.25, -0.2) is 8.42 Å². The summed E-state index contributed by atoms with van der Waals surface area (Å²) in [5.41, 5.74) is 0.959. The summed E-state index contributed by atoms with van der Waals surface area (Å²) in [5.74, 6) is 2.11. The van der Waals surface area contributed by atoms with E-state index in [0.29, 0.717) is 29.1 Å². The van der Waals surface area contributed by atoms with E-state index < -0.39 is 10.0 Å². The molecule has 4 bridgehead atoms. The molecule has 4 saturated carbocycles. The Labute approximate surface area is 200 Å². The summed E-state index contributed by atoms with van der Waals surface area (Å²) in [4.78, 5) is 13.4. The highest BCUT2D eigenvalue weighted by Gasteiger charge is 2.54. The van der Waals surface area contributed by atoms with Gasteiger partial charge in [-0.05, 0) is 105 Å². The van der Waals surface area contributed by atoms with E-state index in [9.17, 15) is 13.2 Å². The molecule has 6 nitrogen and oxygen atoms in total. The van der Waals surface area contributed by atoms with Gasteiger partial charge in [0.15, 0.2) is 5.11 Å². The SMILES string of the molecule is CN(c1ccccc1)S(=O)(=O)c1ccc(NC(=S)NC(=O)C23CC4CC(CC(C4)C2)C3)cc1. The van der Waals surface area contributed by atoms with E-state index in [1.807, 2.05) is 6.07 Å². The number of rotatable bonds is 5. The van der Waals surface area contributed by atoms with E-state index in [0.717, 1.165) is 19.3 Å². The Balaban J connectivity index is 1.22. The molecule has 4 aliphatic rings. The third-order valence-corrected chi connectivity index (χ3v) is 9.64. The van der Waals surface area contributed by atoms with Crippen LogP contribution in [0.25, 0.3) is 0 Å². The van der Waals surface area contributed by atoms with Crippen LogP contribution >= 0.6 is 12.2 Å². The lowest BCUT2D eigenvalue weighted by Crippen LogP contribution is -2.55. The number of para-hydroxylation sites is 1. The molecule has 33 heavy (non-hydrogen) atoms. The van der Waals surface area contributed by atoms with Crippen LogP contribution in [0.2, 0.25) is 0 Å². The minimum Gasteiger partial charge on any atom is -0.332 e. The Morgan fingerprint density at radius 3 is 2.03 bits per heavy atom. The van der Waals surface area contributed by atoms with Gasteiger partial charge in [0.2, 0.25) is 5.91 Å². The molecule has 0 radical (unpaired) electrons. The number of carbonyl (C=O) groups excluding carboxylic acids is 1. The fourth-order valence-electron chi connectivity index (χ4n) is 6.43. The average molecular weight is 484 g/mol. The maximum atomic E-state index is 13.2. The van der Waals surface area contributed by atoms with Crippen LogP contribution in [-0.2, 0) is 14.8 Å². The van der Waals surface area contributed by atoms with Crippen molar-refractivity contribution in [1.29, 1.82) is 0 Å². The second-order valence-electron chi connectivity index (χ2n) is 9.94. The number of hydrogen-bond acceptors (Lipinski definition) is 4. The van der Waals surface area contributed by atoms with Crippen LogP contribution in [0.5, 0.6) is 0 Å². The summed E-state index contributed by atoms with van der Waals surface area (Å²) in [6.07, 6.45) is 6.79. The molecule has 2 aromatic rings. The number of sulfonamides is 1. The summed E-state index contributed by atoms with van der Waals surface area (Å²) in [6, 6.07) is 15.3. The monoisotopic (exact) mass is 483 g/mol. The van der Waals surface area contributed by atoms with Gasteiger partial charge in [-0.1, -0.05) is 18.2 Å². The Kier molecular flexibility index (Phi) is 5.69. The number of carbonyl (C=O) groups is 1. The maximum absolute atomic E-state index is 13.2. The third kappa shape index (κ3) is 4.26. The molecule has 0 heterocycles. The highest BCUT2D eigenvalue weighted by Crippen LogP contribution is 2.60. The quantitative estimate of drug-likeness (QED) is 0.611. The van der Waals surface area contributed by atoms with Crippen LogP contribution in [0.4, 0.5) is 11.4 Å². The highest BCUT2D eigenvalue weighted by molar-refractivity contribution is 7.92. The molecule has 0 aromatic heterocycles. The lowest BCUT2D eigenvalue weighted by atomic mass is 9.49. The highest BCUT2D eigenvalue weighted by atomic mass is 32.2. The van der Waals surface area contributed by atoms with Gasteiger partial charge >= 0.3 is 0 Å². The van der Waals surface area contributed by atoms with E-state index in [-0.39, 0.29) is 21.3 Å². The molecule has 4 aliphatic carbocycles. The van der Waals surface area contributed by atoms with Crippen LogP contribution < -0.4 is 14.9 Å². The zero-order chi connectivity index (χ0) is 23.2. The molecular weight excluding hydrogens is 454 g/mol. The topological polar surface area (TPSA) is 78.5 Å². The summed E-state index contributed by atoms with van der Waals surface area (Å²) < 4.78 is 27.1. The Morgan fingerprint density at radius 1 is 0.939 bits per heavy atom. The van der Waals surface area contributed by atoms with Crippen molar-refractivity contribution in [2.75, 3.05) is 16.7 Å². The number of thiocarbonyl (C=S) groups is 1. The molecule has 0 aliphatic heterocycles. The van der Waals surface area contributed by atoms with Gasteiger partial charge < -0.3 is 10.6 Å². The van der Waals surface area contributed by atoms with Crippen LogP contribution in [-0.4, -0.2) is 26.5 Å². The lowest BCUT2D eigenvalue weighted by Gasteiger charge is -2.55. The first kappa shape index (κ1) is 22.3. The van der Waals surface area contributed by atoms with Crippen molar-refractivity contribution in [3.63, 3.8) is 0 Å². The van der Waals surface area contributed by atoms with Crippen LogP contribution in [0.3, 0.4) is 0 Å². The van der Waals surface area contributed by atoms with Gasteiger partial charge in [0.1, 0.15) is 0 Å². The van der Waals surface area contributed by atoms with E-state index in [1.54, 1.807) is 48.5 Å². The van der Waals surface area contributed by atoms with Gasteiger partial charge in [0.05, 0.1) is 16.0 Å². The first-order valence-electron chi connectivity index (χ1n) is 11.5. The Bertz CT molecular complexity index is 1130. The number of benzene rings is 2. The summed E-state index contributed by atoms with van der Waals surface area (Å²) in [7, 11) is -2.15. The summed E-state index contributed by atoms with van der Waals surface area (Å²) >= 11 is 5.41. The van der Waals surface area contributed by atoms with Crippen molar-refractivity contribution >= 4 is 44.6 Å². The second kappa shape index (κ2) is 8.40. The molecule has 4 fully saturated rings. The van der Waals surface area contributed by atoms with Gasteiger partial charge in [0.25, 0.3) is 10.0 Å². The van der Waals surface area contributed by atoms with E-state index in [2.05, 4.69) is 10.6 Å². The molecule has 6 rings (SSSR count). The fraction of sp³-hybridized carbons (Fsp3) is 0.440. The van der Waals surface area contributed by atoms with Crippen molar-refractivity contribution in [2.24, 2.45) is 23.2 Å². The second-order valence-corrected chi connectivity index (χ2v) is 12.3. The number of anilines is 2. The van der Waals surface area contributed by atoms with Crippen LogP contribution in [0, 0.1) is 23.2 Å². The van der Waals surface area contributed by atoms with E-state index in [1.165, 1.54) is 30.6 Å². The molecule has 0 spiro atoms. The van der Waals surface area contributed by atoms with Gasteiger partial charge in [-0.15, -0.1) is 0 Å². The van der Waals surface area contributed by atoms with E-state index in [4.69, 9.17) is 12.2 Å². The zero-order valence-electron chi connectivity index (χ0n) is 18.7. The van der Waals surface area contributed by atoms with Crippen molar-refractivity contribution in [3.05, 3.63) is 54.6 Å². The molecule has 1 amide bonds. The van der Waals surface area contributed by atoms with Gasteiger partial charge in [-0.2, -0.15) is 0 Å². The Hall–Kier alpha value is -2.45. The maximum Gasteiger partial charge on any atom is 0.264 e. The number of nitrogens with one attached hydrogen (secondary N) is 2. The molecule has 0 atom stereocenters. The third-order valence-electron chi connectivity index (χ3n) is 7.64. The molecule has 0 unspecified atom stereocenters. The summed E-state index contributed by atoms with van der Waals surface area (Å²) in [5, 5.41) is 6.22. The molecule has 174 valence electrons. The average Bonchev–Trinajstić information content (AvgIpc) is 2.78. The van der Waals surface area contributed by atoms with E-state index >= 15 is 0 Å². The normalized spacial score (nSPS) is 27.7. The Morgan fingerprint density at radius 2 is 1.48 bits per heavy atom. The van der Waals surface area contributed by atoms with Gasteiger partial charge in [-0.3, -0.25) is 9.10 Å². The number of hydrogen-bond donors (Lipinski definition) is 2. The van der Waals surface area contributed by atoms with Gasteiger partial charge in [0, 0.05) is 12.7 Å². The first-order valence-corrected chi connectivity index (χ1v) is 13.4. The minimum absolute atomic E-state index is 0.0442. The van der Waals surface area contributed by atoms with Crippen LogP contribution in [0.15, 0.2) is 59.5 Å². The standard InChI is InChI=1S/C25H29N3O3S2/c1-28(21-5-3-2-4-6-21)33(30,31)22-9-7-20(8-10-22)26-24(32)27-23(29)25-14-17-11-18(15-25)13-19(12-17)16-25/h2-10,17-19H,11-16H2,1H3,(H2,26,27,29,32). The first-order chi connectivity index (χ1) is 15.7. The zero-order valence-corrected chi connectivity index (χ0v) is 20.3. The van der Waals surface area contributed by atoms with Crippen LogP contribution in [0.1, 0.15) is 38.5 Å². The summed E-state index contributed by atoms with van der Waals surface area (Å²) in [6.45, 7) is 0. The molecule has 0 saturated heterocycles. The molecule has 2 aromatic carbocycles. The minimum atomic E-state index is -3.68. The fourth-order valence-corrected chi connectivity index (χ4v) is 7.84. The predicted molar refractivity (Wildman–Crippen MR) is 133 cm³/mol. The number of amides is 1. The van der Waals surface area contributed by atoms with Crippen molar-refractivity contribution < 1.29 is 13.2 Å².